The van der Waals surface area contributed by atoms with E-state index in [9.17, 15) is 0 Å². The average Bonchev–Trinajstić information content (AvgIpc) is 2.41. The minimum Gasteiger partial charge on any atom is -0.388 e. The molecule has 0 aromatic rings. The highest BCUT2D eigenvalue weighted by Gasteiger charge is 2.60. The van der Waals surface area contributed by atoms with Crippen molar-refractivity contribution >= 4 is 32.3 Å². The first-order valence-corrected chi connectivity index (χ1v) is 24.9. The molecule has 5 heteroatoms. The van der Waals surface area contributed by atoms with Crippen molar-refractivity contribution in [3.63, 3.8) is 0 Å². The topological polar surface area (TPSA) is 9.23 Å². The lowest BCUT2D eigenvalue weighted by Gasteiger charge is -2.59. The van der Waals surface area contributed by atoms with E-state index >= 15 is 0 Å². The van der Waals surface area contributed by atoms with Crippen LogP contribution in [0.3, 0.4) is 0 Å². The maximum absolute atomic E-state index is 7.86. The molecule has 0 heterocycles. The Morgan fingerprint density at radius 3 is 0.581 bits per heavy atom. The van der Waals surface area contributed by atoms with Gasteiger partial charge in [-0.25, -0.2) is 0 Å². The first-order valence-electron chi connectivity index (χ1n) is 12.6. The predicted molar refractivity (Wildman–Crippen MR) is 157 cm³/mol. The minimum absolute atomic E-state index is 0.318. The maximum Gasteiger partial charge on any atom is 0.0828 e. The molecule has 0 saturated carbocycles. The van der Waals surface area contributed by atoms with Gasteiger partial charge in [0, 0.05) is 10.7 Å². The summed E-state index contributed by atoms with van der Waals surface area (Å²) in [5.41, 5.74) is 0. The van der Waals surface area contributed by atoms with Crippen molar-refractivity contribution in [3.05, 3.63) is 0 Å². The van der Waals surface area contributed by atoms with E-state index in [0.717, 1.165) is 0 Å². The molecule has 0 rings (SSSR count). The van der Waals surface area contributed by atoms with Crippen molar-refractivity contribution in [1.29, 1.82) is 0 Å². The van der Waals surface area contributed by atoms with E-state index in [2.05, 4.69) is 135 Å². The number of hydrogen-bond acceptors (Lipinski definition) is 1. The van der Waals surface area contributed by atoms with Gasteiger partial charge in [-0.1, -0.05) is 135 Å². The second kappa shape index (κ2) is 8.80. The molecule has 0 saturated heterocycles. The van der Waals surface area contributed by atoms with Gasteiger partial charge in [-0.2, -0.15) is 0 Å². The van der Waals surface area contributed by atoms with Gasteiger partial charge in [-0.3, -0.25) is 0 Å². The van der Waals surface area contributed by atoms with Gasteiger partial charge in [0.15, 0.2) is 0 Å². The average molecular weight is 503 g/mol. The second-order valence-corrected chi connectivity index (χ2v) is 39.8. The molecule has 0 bridgehead atoms. The van der Waals surface area contributed by atoms with Crippen LogP contribution < -0.4 is 0 Å². The predicted octanol–water partition coefficient (Wildman–Crippen LogP) is 9.93. The quantitative estimate of drug-likeness (QED) is 0.328. The molecule has 0 aromatic carbocycles. The van der Waals surface area contributed by atoms with E-state index < -0.39 is 32.3 Å². The van der Waals surface area contributed by atoms with Crippen molar-refractivity contribution in [2.75, 3.05) is 0 Å². The number of hydrogen-bond donors (Lipinski definition) is 0. The Kier molecular flexibility index (Phi) is 9.03. The van der Waals surface area contributed by atoms with Crippen LogP contribution in [0.4, 0.5) is 0 Å². The van der Waals surface area contributed by atoms with Crippen LogP contribution in [0, 0.1) is 0 Å². The lowest BCUT2D eigenvalue weighted by molar-refractivity contribution is 0.135. The molecular formula is C26H62OSi4. The molecule has 0 aliphatic heterocycles. The fourth-order valence-corrected chi connectivity index (χ4v) is 29.4. The van der Waals surface area contributed by atoms with E-state index in [-0.39, 0.29) is 0 Å². The molecule has 0 unspecified atom stereocenters. The zero-order chi connectivity index (χ0) is 25.9. The van der Waals surface area contributed by atoms with E-state index in [4.69, 9.17) is 4.74 Å². The molecule has 0 spiro atoms. The van der Waals surface area contributed by atoms with Crippen LogP contribution in [0.25, 0.3) is 0 Å². The number of ether oxygens (including phenoxy) is 1. The molecule has 0 aromatic heterocycles. The van der Waals surface area contributed by atoms with Gasteiger partial charge < -0.3 is 4.74 Å². The maximum atomic E-state index is 7.86. The minimum atomic E-state index is -1.73. The molecule has 188 valence electrons. The summed E-state index contributed by atoms with van der Waals surface area (Å²) in [4.78, 5) is 0. The first-order chi connectivity index (χ1) is 13.0. The van der Waals surface area contributed by atoms with E-state index in [0.29, 0.717) is 30.9 Å². The smallest absolute Gasteiger partial charge is 0.0828 e. The lowest BCUT2D eigenvalue weighted by Crippen LogP contribution is -2.72. The summed E-state index contributed by atoms with van der Waals surface area (Å²) in [6.07, 6.45) is 0. The van der Waals surface area contributed by atoms with Gasteiger partial charge in [0.25, 0.3) is 0 Å². The van der Waals surface area contributed by atoms with Crippen LogP contribution in [-0.4, -0.2) is 43.0 Å². The Labute approximate surface area is 203 Å². The summed E-state index contributed by atoms with van der Waals surface area (Å²) in [7, 11) is -6.94. The molecule has 1 nitrogen and oxygen atoms in total. The van der Waals surface area contributed by atoms with Crippen LogP contribution in [-0.2, 0) is 4.74 Å². The van der Waals surface area contributed by atoms with Crippen LogP contribution >= 0.6 is 0 Å². The van der Waals surface area contributed by atoms with Gasteiger partial charge in [-0.15, -0.1) is 0 Å². The van der Waals surface area contributed by atoms with Crippen LogP contribution in [0.2, 0.25) is 72.5 Å². The zero-order valence-electron chi connectivity index (χ0n) is 25.6. The number of rotatable bonds is 6. The monoisotopic (exact) mass is 502 g/mol. The summed E-state index contributed by atoms with van der Waals surface area (Å²) in [5.74, 6) is 0. The summed E-state index contributed by atoms with van der Waals surface area (Å²) < 4.78 is 7.86. The SMILES string of the molecule is CC(C)(C)[Si](C)(C)C(OC([Si](C)(C)C(C)(C)C)[Si](C)(C)C(C)(C)C)[Si](C)(C)C(C)(C)C. The highest BCUT2D eigenvalue weighted by atomic mass is 28.4. The fourth-order valence-electron chi connectivity index (χ4n) is 4.19. The second-order valence-electron chi connectivity index (χ2n) is 16.8. The van der Waals surface area contributed by atoms with Crippen molar-refractivity contribution < 1.29 is 4.74 Å². The third-order valence-corrected chi connectivity index (χ3v) is 40.5. The van der Waals surface area contributed by atoms with Crippen molar-refractivity contribution in [1.82, 2.24) is 0 Å². The summed E-state index contributed by atoms with van der Waals surface area (Å²) >= 11 is 0. The van der Waals surface area contributed by atoms with Gasteiger partial charge in [0.2, 0.25) is 0 Å². The van der Waals surface area contributed by atoms with Gasteiger partial charge in [0.05, 0.1) is 32.3 Å². The van der Waals surface area contributed by atoms with Crippen LogP contribution in [0.1, 0.15) is 83.1 Å². The molecule has 0 N–H and O–H groups in total. The Bertz CT molecular complexity index is 499. The normalized spacial score (nSPS) is 16.5. The van der Waals surface area contributed by atoms with E-state index in [1.807, 2.05) is 0 Å². The molecule has 0 fully saturated rings. The van der Waals surface area contributed by atoms with E-state index in [1.165, 1.54) is 0 Å². The lowest BCUT2D eigenvalue weighted by atomic mass is 10.2. The molecule has 0 radical (unpaired) electrons. The third kappa shape index (κ3) is 6.10. The van der Waals surface area contributed by atoms with Gasteiger partial charge in [-0.05, 0) is 20.2 Å². The standard InChI is InChI=1S/C26H62OSi4/c1-23(2,3)28(13,14)21(29(15,16)24(4,5)6)27-22(30(17,18)25(7,8)9)31(19,20)26(10,11)12/h21-22H,1-20H3. The van der Waals surface area contributed by atoms with Crippen molar-refractivity contribution in [2.45, 2.75) is 166 Å². The highest BCUT2D eigenvalue weighted by molar-refractivity contribution is 7.01. The zero-order valence-corrected chi connectivity index (χ0v) is 29.6. The summed E-state index contributed by atoms with van der Waals surface area (Å²) in [6.45, 7) is 50.8. The van der Waals surface area contributed by atoms with Crippen LogP contribution in [0.15, 0.2) is 0 Å². The molecule has 0 atom stereocenters. The largest absolute Gasteiger partial charge is 0.388 e. The first kappa shape index (κ1) is 31.8. The Balaban J connectivity index is 7.10. The molecular weight excluding hydrogens is 441 g/mol. The summed E-state index contributed by atoms with van der Waals surface area (Å²) in [5, 5.41) is 2.18. The van der Waals surface area contributed by atoms with Crippen molar-refractivity contribution in [2.24, 2.45) is 0 Å². The summed E-state index contributed by atoms with van der Waals surface area (Å²) in [6, 6.07) is 0. The molecule has 0 amide bonds. The Morgan fingerprint density at radius 1 is 0.355 bits per heavy atom. The Morgan fingerprint density at radius 2 is 0.484 bits per heavy atom. The molecule has 0 aliphatic carbocycles. The van der Waals surface area contributed by atoms with E-state index in [1.54, 1.807) is 0 Å². The fraction of sp³-hybridized carbons (Fsp3) is 1.00. The molecule has 31 heavy (non-hydrogen) atoms. The van der Waals surface area contributed by atoms with Gasteiger partial charge >= 0.3 is 0 Å². The van der Waals surface area contributed by atoms with Crippen molar-refractivity contribution in [3.8, 4) is 0 Å². The third-order valence-electron chi connectivity index (χ3n) is 10.6. The molecule has 0 aliphatic rings. The van der Waals surface area contributed by atoms with Gasteiger partial charge in [0.1, 0.15) is 0 Å². The Hall–Kier alpha value is 0.828. The highest BCUT2D eigenvalue weighted by Crippen LogP contribution is 2.53. The van der Waals surface area contributed by atoms with Crippen LogP contribution in [0.5, 0.6) is 0 Å².